The molecule has 2 aromatic carbocycles. The van der Waals surface area contributed by atoms with Crippen molar-refractivity contribution in [1.29, 1.82) is 5.26 Å². The highest BCUT2D eigenvalue weighted by Gasteiger charge is 2.32. The normalized spacial score (nSPS) is 13.8. The third-order valence-corrected chi connectivity index (χ3v) is 3.73. The van der Waals surface area contributed by atoms with Crippen LogP contribution in [0.25, 0.3) is 0 Å². The van der Waals surface area contributed by atoms with Gasteiger partial charge in [0.25, 0.3) is 0 Å². The van der Waals surface area contributed by atoms with Crippen molar-refractivity contribution in [3.8, 4) is 6.07 Å². The van der Waals surface area contributed by atoms with E-state index in [1.807, 2.05) is 6.07 Å². The maximum absolute atomic E-state index is 12.9. The summed E-state index contributed by atoms with van der Waals surface area (Å²) in [6, 6.07) is 14.8. The number of rotatable bonds is 5. The Balaban J connectivity index is 2.49. The fourth-order valence-corrected chi connectivity index (χ4v) is 2.61. The van der Waals surface area contributed by atoms with Gasteiger partial charge in [-0.15, -0.1) is 0 Å². The Bertz CT molecular complexity index is 751. The zero-order chi connectivity index (χ0) is 17.7. The van der Waals surface area contributed by atoms with E-state index >= 15 is 0 Å². The van der Waals surface area contributed by atoms with Crippen LogP contribution in [0, 0.1) is 11.3 Å². The van der Waals surface area contributed by atoms with Gasteiger partial charge in [0.15, 0.2) is 0 Å². The molecular formula is C18H13F3NO2-. The quantitative estimate of drug-likeness (QED) is 0.844. The average Bonchev–Trinajstić information content (AvgIpc) is 2.54. The highest BCUT2D eigenvalue weighted by Crippen LogP contribution is 2.38. The number of carbonyl (C=O) groups is 1. The van der Waals surface area contributed by atoms with Crippen LogP contribution >= 0.6 is 0 Å². The lowest BCUT2D eigenvalue weighted by molar-refractivity contribution is -0.306. The Morgan fingerprint density at radius 2 is 1.71 bits per heavy atom. The van der Waals surface area contributed by atoms with Gasteiger partial charge in [0.1, 0.15) is 0 Å². The zero-order valence-corrected chi connectivity index (χ0v) is 12.5. The summed E-state index contributed by atoms with van der Waals surface area (Å²) in [6.45, 7) is 0. The van der Waals surface area contributed by atoms with Crippen LogP contribution < -0.4 is 5.11 Å². The number of halogens is 3. The molecule has 2 rings (SSSR count). The van der Waals surface area contributed by atoms with E-state index in [0.717, 1.165) is 12.1 Å². The first-order valence-corrected chi connectivity index (χ1v) is 7.14. The Morgan fingerprint density at radius 1 is 1.08 bits per heavy atom. The molecule has 3 nitrogen and oxygen atoms in total. The minimum atomic E-state index is -4.54. The summed E-state index contributed by atoms with van der Waals surface area (Å²) >= 11 is 0. The van der Waals surface area contributed by atoms with Crippen molar-refractivity contribution in [3.63, 3.8) is 0 Å². The molecule has 2 aromatic rings. The van der Waals surface area contributed by atoms with Crippen molar-refractivity contribution in [2.24, 2.45) is 0 Å². The van der Waals surface area contributed by atoms with Gasteiger partial charge in [0, 0.05) is 11.9 Å². The first-order chi connectivity index (χ1) is 11.3. The molecular weight excluding hydrogens is 319 g/mol. The van der Waals surface area contributed by atoms with E-state index in [1.165, 1.54) is 12.1 Å². The molecule has 0 aliphatic heterocycles. The fourth-order valence-electron chi connectivity index (χ4n) is 2.61. The third kappa shape index (κ3) is 4.13. The fraction of sp³-hybridized carbons (Fsp3) is 0.222. The van der Waals surface area contributed by atoms with Gasteiger partial charge >= 0.3 is 6.18 Å². The smallest absolute Gasteiger partial charge is 0.416 e. The van der Waals surface area contributed by atoms with Crippen LogP contribution in [-0.2, 0) is 11.0 Å². The summed E-state index contributed by atoms with van der Waals surface area (Å²) in [6.07, 6.45) is -5.09. The number of benzene rings is 2. The average molecular weight is 332 g/mol. The van der Waals surface area contributed by atoms with Gasteiger partial charge in [-0.25, -0.2) is 0 Å². The Morgan fingerprint density at radius 3 is 2.25 bits per heavy atom. The van der Waals surface area contributed by atoms with Crippen LogP contribution in [0.4, 0.5) is 13.2 Å². The van der Waals surface area contributed by atoms with Crippen LogP contribution in [0.2, 0.25) is 0 Å². The lowest BCUT2D eigenvalue weighted by atomic mass is 9.80. The summed E-state index contributed by atoms with van der Waals surface area (Å²) < 4.78 is 38.7. The van der Waals surface area contributed by atoms with Crippen molar-refractivity contribution in [2.45, 2.75) is 24.4 Å². The molecule has 0 N–H and O–H groups in total. The van der Waals surface area contributed by atoms with E-state index in [-0.39, 0.29) is 5.56 Å². The first kappa shape index (κ1) is 17.5. The van der Waals surface area contributed by atoms with Gasteiger partial charge in [-0.05, 0) is 23.6 Å². The van der Waals surface area contributed by atoms with Crippen molar-refractivity contribution < 1.29 is 23.1 Å². The minimum absolute atomic E-state index is 0.143. The number of hydrogen-bond donors (Lipinski definition) is 0. The number of alkyl halides is 3. The standard InChI is InChI=1S/C18H14F3NO2/c19-18(20,21)14-8-4-7-13(9-14)15(10-17(23)24)16(11-22)12-5-2-1-3-6-12/h1-9,15-16H,10H2,(H,23,24)/p-1. The van der Waals surface area contributed by atoms with Crippen molar-refractivity contribution in [1.82, 2.24) is 0 Å². The molecule has 124 valence electrons. The summed E-state index contributed by atoms with van der Waals surface area (Å²) in [5.74, 6) is -3.26. The Kier molecular flexibility index (Phi) is 5.24. The summed E-state index contributed by atoms with van der Waals surface area (Å²) in [5.41, 5.74) is -0.193. The summed E-state index contributed by atoms with van der Waals surface area (Å²) in [7, 11) is 0. The predicted octanol–water partition coefficient (Wildman–Crippen LogP) is 3.24. The van der Waals surface area contributed by atoms with Crippen molar-refractivity contribution >= 4 is 5.97 Å². The molecule has 0 saturated heterocycles. The van der Waals surface area contributed by atoms with Crippen LogP contribution in [0.1, 0.15) is 34.9 Å². The summed E-state index contributed by atoms with van der Waals surface area (Å²) in [5, 5.41) is 20.5. The van der Waals surface area contributed by atoms with Crippen LogP contribution in [-0.4, -0.2) is 5.97 Å². The number of carboxylic acids is 1. The zero-order valence-electron chi connectivity index (χ0n) is 12.5. The molecule has 0 spiro atoms. The number of carboxylic acid groups (broad SMARTS) is 1. The number of nitrogens with zero attached hydrogens (tertiary/aromatic N) is 1. The second kappa shape index (κ2) is 7.18. The molecule has 0 aliphatic carbocycles. The maximum atomic E-state index is 12.9. The maximum Gasteiger partial charge on any atom is 0.416 e. The first-order valence-electron chi connectivity index (χ1n) is 7.14. The van der Waals surface area contributed by atoms with Crippen molar-refractivity contribution in [2.75, 3.05) is 0 Å². The lowest BCUT2D eigenvalue weighted by Gasteiger charge is -2.24. The van der Waals surface area contributed by atoms with Gasteiger partial charge < -0.3 is 9.90 Å². The van der Waals surface area contributed by atoms with Crippen molar-refractivity contribution in [3.05, 3.63) is 71.3 Å². The molecule has 24 heavy (non-hydrogen) atoms. The molecule has 0 aliphatic rings. The molecule has 0 bridgehead atoms. The van der Waals surface area contributed by atoms with Crippen LogP contribution in [0.5, 0.6) is 0 Å². The van der Waals surface area contributed by atoms with Gasteiger partial charge in [0.2, 0.25) is 0 Å². The van der Waals surface area contributed by atoms with Gasteiger partial charge in [-0.3, -0.25) is 0 Å². The topological polar surface area (TPSA) is 63.9 Å². The molecule has 0 heterocycles. The van der Waals surface area contributed by atoms with E-state index < -0.39 is 36.0 Å². The Labute approximate surface area is 137 Å². The minimum Gasteiger partial charge on any atom is -0.550 e. The molecule has 6 heteroatoms. The van der Waals surface area contributed by atoms with Gasteiger partial charge in [0.05, 0.1) is 17.6 Å². The highest BCUT2D eigenvalue weighted by molar-refractivity contribution is 5.66. The molecule has 0 radical (unpaired) electrons. The van der Waals surface area contributed by atoms with E-state index in [2.05, 4.69) is 0 Å². The molecule has 0 fully saturated rings. The lowest BCUT2D eigenvalue weighted by Crippen LogP contribution is -2.26. The number of aliphatic carboxylic acids is 1. The molecule has 2 atom stereocenters. The highest BCUT2D eigenvalue weighted by atomic mass is 19.4. The van der Waals surface area contributed by atoms with Crippen LogP contribution in [0.15, 0.2) is 54.6 Å². The largest absolute Gasteiger partial charge is 0.550 e. The van der Waals surface area contributed by atoms with Gasteiger partial charge in [-0.2, -0.15) is 18.4 Å². The second-order valence-corrected chi connectivity index (χ2v) is 5.32. The van der Waals surface area contributed by atoms with Crippen LogP contribution in [0.3, 0.4) is 0 Å². The Hall–Kier alpha value is -2.81. The molecule has 0 amide bonds. The van der Waals surface area contributed by atoms with Gasteiger partial charge in [-0.1, -0.05) is 48.5 Å². The summed E-state index contributed by atoms with van der Waals surface area (Å²) in [4.78, 5) is 11.1. The van der Waals surface area contributed by atoms with E-state index in [0.29, 0.717) is 5.56 Å². The molecule has 0 saturated carbocycles. The third-order valence-electron chi connectivity index (χ3n) is 3.73. The number of nitriles is 1. The van der Waals surface area contributed by atoms with E-state index in [1.54, 1.807) is 30.3 Å². The second-order valence-electron chi connectivity index (χ2n) is 5.32. The number of hydrogen-bond acceptors (Lipinski definition) is 3. The molecule has 2 unspecified atom stereocenters. The number of carbonyl (C=O) groups excluding carboxylic acids is 1. The predicted molar refractivity (Wildman–Crippen MR) is 78.6 cm³/mol. The molecule has 0 aromatic heterocycles. The van der Waals surface area contributed by atoms with E-state index in [4.69, 9.17) is 0 Å². The van der Waals surface area contributed by atoms with E-state index in [9.17, 15) is 28.3 Å². The SMILES string of the molecule is N#CC(c1ccccc1)C(CC(=O)[O-])c1cccc(C(F)(F)F)c1. The monoisotopic (exact) mass is 332 g/mol.